The number of hydrogen-bond acceptors (Lipinski definition) is 3. The van der Waals surface area contributed by atoms with Gasteiger partial charge in [-0.15, -0.1) is 12.4 Å². The van der Waals surface area contributed by atoms with E-state index in [1.54, 1.807) is 0 Å². The van der Waals surface area contributed by atoms with Gasteiger partial charge in [-0.3, -0.25) is 0 Å². The zero-order chi connectivity index (χ0) is 9.97. The van der Waals surface area contributed by atoms with Gasteiger partial charge in [-0.1, -0.05) is 0 Å². The lowest BCUT2D eigenvalue weighted by atomic mass is 9.97. The molecule has 0 amide bonds. The molecule has 0 saturated carbocycles. The fourth-order valence-electron chi connectivity index (χ4n) is 2.56. The molecule has 1 N–H and O–H groups in total. The lowest BCUT2D eigenvalue weighted by Crippen LogP contribution is -2.57. The number of rotatable bonds is 3. The molecule has 0 bridgehead atoms. The monoisotopic (exact) mass is 233 g/mol. The predicted octanol–water partition coefficient (Wildman–Crippen LogP) is 0.654. The van der Waals surface area contributed by atoms with Crippen LogP contribution in [-0.2, 0) is 0 Å². The first-order valence-corrected chi connectivity index (χ1v) is 5.85. The summed E-state index contributed by atoms with van der Waals surface area (Å²) in [5, 5.41) is 3.34. The van der Waals surface area contributed by atoms with Gasteiger partial charge in [0.1, 0.15) is 0 Å². The lowest BCUT2D eigenvalue weighted by Gasteiger charge is -2.39. The highest BCUT2D eigenvalue weighted by atomic mass is 35.5. The zero-order valence-electron chi connectivity index (χ0n) is 9.91. The Balaban J connectivity index is 0.00000112. The van der Waals surface area contributed by atoms with Crippen molar-refractivity contribution >= 4 is 12.4 Å². The Morgan fingerprint density at radius 3 is 2.67 bits per heavy atom. The molecule has 2 aliphatic rings. The summed E-state index contributed by atoms with van der Waals surface area (Å²) >= 11 is 0. The van der Waals surface area contributed by atoms with E-state index < -0.39 is 0 Å². The summed E-state index contributed by atoms with van der Waals surface area (Å²) in [6, 6.07) is 0.808. The van der Waals surface area contributed by atoms with Crippen molar-refractivity contribution in [3.8, 4) is 0 Å². The van der Waals surface area contributed by atoms with Gasteiger partial charge in [-0.2, -0.15) is 0 Å². The molecule has 2 rings (SSSR count). The second kappa shape index (κ2) is 6.04. The summed E-state index contributed by atoms with van der Waals surface area (Å²) < 4.78 is 0. The maximum absolute atomic E-state index is 3.34. The van der Waals surface area contributed by atoms with E-state index >= 15 is 0 Å². The van der Waals surface area contributed by atoms with E-state index in [0.29, 0.717) is 0 Å². The fraction of sp³-hybridized carbons (Fsp3) is 1.00. The van der Waals surface area contributed by atoms with E-state index in [1.807, 2.05) is 0 Å². The van der Waals surface area contributed by atoms with Crippen LogP contribution < -0.4 is 5.32 Å². The van der Waals surface area contributed by atoms with Gasteiger partial charge in [0.15, 0.2) is 0 Å². The zero-order valence-corrected chi connectivity index (χ0v) is 10.7. The molecular formula is C11H24ClN3. The second-order valence-electron chi connectivity index (χ2n) is 5.02. The van der Waals surface area contributed by atoms with Gasteiger partial charge in [0.25, 0.3) is 0 Å². The van der Waals surface area contributed by atoms with Crippen molar-refractivity contribution < 1.29 is 0 Å². The summed E-state index contributed by atoms with van der Waals surface area (Å²) in [5.41, 5.74) is 0. The summed E-state index contributed by atoms with van der Waals surface area (Å²) in [5.74, 6) is 0.902. The first-order valence-electron chi connectivity index (χ1n) is 5.85. The standard InChI is InChI=1S/C11H23N3.ClH/c1-13-5-3-4-10(8-13)9-14(2)11-6-12-7-11;/h10-12H,3-9H2,1-2H3;1H. The third kappa shape index (κ3) is 3.59. The molecule has 1 unspecified atom stereocenters. The largest absolute Gasteiger partial charge is 0.314 e. The number of likely N-dealkylation sites (N-methyl/N-ethyl adjacent to an activating group) is 1. The van der Waals surface area contributed by atoms with Crippen LogP contribution >= 0.6 is 12.4 Å². The highest BCUT2D eigenvalue weighted by Crippen LogP contribution is 2.17. The van der Waals surface area contributed by atoms with E-state index in [0.717, 1.165) is 12.0 Å². The van der Waals surface area contributed by atoms with Gasteiger partial charge in [0, 0.05) is 32.2 Å². The van der Waals surface area contributed by atoms with E-state index in [2.05, 4.69) is 29.2 Å². The van der Waals surface area contributed by atoms with Crippen molar-refractivity contribution in [1.29, 1.82) is 0 Å². The second-order valence-corrected chi connectivity index (χ2v) is 5.02. The molecule has 0 aromatic rings. The van der Waals surface area contributed by atoms with Crippen LogP contribution in [0.25, 0.3) is 0 Å². The molecule has 4 heteroatoms. The molecule has 0 radical (unpaired) electrons. The normalized spacial score (nSPS) is 28.6. The molecule has 2 aliphatic heterocycles. The number of hydrogen-bond donors (Lipinski definition) is 1. The first-order chi connectivity index (χ1) is 6.75. The Bertz CT molecular complexity index is 185. The van der Waals surface area contributed by atoms with Crippen molar-refractivity contribution in [1.82, 2.24) is 15.1 Å². The van der Waals surface area contributed by atoms with E-state index in [-0.39, 0.29) is 12.4 Å². The molecule has 3 nitrogen and oxygen atoms in total. The number of nitrogens with zero attached hydrogens (tertiary/aromatic N) is 2. The van der Waals surface area contributed by atoms with Gasteiger partial charge in [0.2, 0.25) is 0 Å². The minimum Gasteiger partial charge on any atom is -0.314 e. The average Bonchev–Trinajstić information content (AvgIpc) is 1.99. The predicted molar refractivity (Wildman–Crippen MR) is 66.8 cm³/mol. The van der Waals surface area contributed by atoms with Crippen LogP contribution in [0.15, 0.2) is 0 Å². The van der Waals surface area contributed by atoms with Crippen LogP contribution in [0.1, 0.15) is 12.8 Å². The highest BCUT2D eigenvalue weighted by molar-refractivity contribution is 5.85. The molecule has 0 aliphatic carbocycles. The minimum absolute atomic E-state index is 0. The van der Waals surface area contributed by atoms with Crippen molar-refractivity contribution in [2.24, 2.45) is 5.92 Å². The molecule has 2 heterocycles. The lowest BCUT2D eigenvalue weighted by molar-refractivity contribution is 0.118. The molecule has 0 aromatic heterocycles. The average molecular weight is 234 g/mol. The molecule has 1 atom stereocenters. The third-order valence-corrected chi connectivity index (χ3v) is 3.65. The summed E-state index contributed by atoms with van der Waals surface area (Å²) in [6.07, 6.45) is 2.81. The van der Waals surface area contributed by atoms with Crippen molar-refractivity contribution in [2.45, 2.75) is 18.9 Å². The maximum Gasteiger partial charge on any atom is 0.0342 e. The summed E-state index contributed by atoms with van der Waals surface area (Å²) in [6.45, 7) is 6.27. The molecule has 2 fully saturated rings. The topological polar surface area (TPSA) is 18.5 Å². The van der Waals surface area contributed by atoms with Crippen LogP contribution in [0.4, 0.5) is 0 Å². The first kappa shape index (κ1) is 13.2. The molecule has 0 aromatic carbocycles. The van der Waals surface area contributed by atoms with Crippen LogP contribution in [0, 0.1) is 5.92 Å². The van der Waals surface area contributed by atoms with Crippen LogP contribution in [0.5, 0.6) is 0 Å². The Kier molecular flexibility index (Phi) is 5.33. The van der Waals surface area contributed by atoms with Gasteiger partial charge >= 0.3 is 0 Å². The van der Waals surface area contributed by atoms with Crippen LogP contribution in [-0.4, -0.2) is 62.7 Å². The van der Waals surface area contributed by atoms with E-state index in [4.69, 9.17) is 0 Å². The van der Waals surface area contributed by atoms with E-state index in [9.17, 15) is 0 Å². The van der Waals surface area contributed by atoms with E-state index in [1.165, 1.54) is 45.6 Å². The van der Waals surface area contributed by atoms with Crippen LogP contribution in [0.2, 0.25) is 0 Å². The van der Waals surface area contributed by atoms with Gasteiger partial charge in [-0.05, 0) is 39.4 Å². The molecular weight excluding hydrogens is 210 g/mol. The quantitative estimate of drug-likeness (QED) is 0.773. The Hall–Kier alpha value is 0.170. The summed E-state index contributed by atoms with van der Waals surface area (Å²) in [7, 11) is 4.52. The number of halogens is 1. The van der Waals surface area contributed by atoms with Crippen LogP contribution in [0.3, 0.4) is 0 Å². The molecule has 90 valence electrons. The number of nitrogens with one attached hydrogen (secondary N) is 1. The Morgan fingerprint density at radius 1 is 1.40 bits per heavy atom. The highest BCUT2D eigenvalue weighted by Gasteiger charge is 2.25. The number of piperidine rings is 1. The Morgan fingerprint density at radius 2 is 2.13 bits per heavy atom. The molecule has 2 saturated heterocycles. The maximum atomic E-state index is 3.34. The Labute approximate surface area is 99.6 Å². The smallest absolute Gasteiger partial charge is 0.0342 e. The molecule has 0 spiro atoms. The van der Waals surface area contributed by atoms with Gasteiger partial charge in [0.05, 0.1) is 0 Å². The minimum atomic E-state index is 0. The molecule has 15 heavy (non-hydrogen) atoms. The third-order valence-electron chi connectivity index (χ3n) is 3.65. The van der Waals surface area contributed by atoms with Crippen molar-refractivity contribution in [3.63, 3.8) is 0 Å². The van der Waals surface area contributed by atoms with Crippen molar-refractivity contribution in [2.75, 3.05) is 46.8 Å². The summed E-state index contributed by atoms with van der Waals surface area (Å²) in [4.78, 5) is 5.02. The van der Waals surface area contributed by atoms with Gasteiger partial charge < -0.3 is 15.1 Å². The SMILES string of the molecule is CN1CCCC(CN(C)C2CNC2)C1.Cl. The van der Waals surface area contributed by atoms with Gasteiger partial charge in [-0.25, -0.2) is 0 Å². The number of likely N-dealkylation sites (tertiary alicyclic amines) is 1. The van der Waals surface area contributed by atoms with Crippen molar-refractivity contribution in [3.05, 3.63) is 0 Å². The fourth-order valence-corrected chi connectivity index (χ4v) is 2.56.